The molecule has 5 rings (SSSR count). The molecule has 1 aromatic heterocycles. The molecule has 0 bridgehead atoms. The number of carbonyl (C=O) groups is 1. The summed E-state index contributed by atoms with van der Waals surface area (Å²) in [6.45, 7) is 2.51. The number of aromatic nitrogens is 2. The number of halogens is 2. The minimum absolute atomic E-state index is 0.0297. The highest BCUT2D eigenvalue weighted by molar-refractivity contribution is 5.82. The third kappa shape index (κ3) is 6.34. The van der Waals surface area contributed by atoms with Gasteiger partial charge in [-0.25, -0.2) is 13.8 Å². The molecule has 0 radical (unpaired) electrons. The van der Waals surface area contributed by atoms with Crippen LogP contribution in [-0.2, 0) is 11.2 Å². The van der Waals surface area contributed by atoms with Gasteiger partial charge in [0.25, 0.3) is 0 Å². The number of benzene rings is 2. The van der Waals surface area contributed by atoms with Crippen LogP contribution in [0.25, 0.3) is 11.4 Å². The Hall–Kier alpha value is -3.22. The molecular weight excluding hydrogens is 496 g/mol. The lowest BCUT2D eigenvalue weighted by Crippen LogP contribution is -2.43. The van der Waals surface area contributed by atoms with Gasteiger partial charge in [-0.1, -0.05) is 56.7 Å². The fraction of sp³-hybridized carbons (Fsp3) is 0.500. The summed E-state index contributed by atoms with van der Waals surface area (Å²) in [5.41, 5.74) is 1.70. The second-order valence-corrected chi connectivity index (χ2v) is 11.0. The first-order valence-corrected chi connectivity index (χ1v) is 14.6. The van der Waals surface area contributed by atoms with Gasteiger partial charge in [-0.2, -0.15) is 0 Å². The van der Waals surface area contributed by atoms with Gasteiger partial charge in [0.1, 0.15) is 17.6 Å². The van der Waals surface area contributed by atoms with Crippen LogP contribution < -0.4 is 10.1 Å². The van der Waals surface area contributed by atoms with Crippen molar-refractivity contribution in [3.05, 3.63) is 71.6 Å². The van der Waals surface area contributed by atoms with Crippen molar-refractivity contribution in [1.82, 2.24) is 14.9 Å². The minimum Gasteiger partial charge on any atom is -0.494 e. The summed E-state index contributed by atoms with van der Waals surface area (Å²) in [7, 11) is 0. The highest BCUT2D eigenvalue weighted by atomic mass is 19.2. The fourth-order valence-corrected chi connectivity index (χ4v) is 6.35. The van der Waals surface area contributed by atoms with E-state index in [4.69, 9.17) is 4.74 Å². The molecule has 2 aliphatic carbocycles. The Kier molecular flexibility index (Phi) is 8.95. The molecule has 2 aliphatic rings. The Bertz CT molecular complexity index is 1240. The van der Waals surface area contributed by atoms with Gasteiger partial charge in [-0.15, -0.1) is 0 Å². The second-order valence-electron chi connectivity index (χ2n) is 11.0. The number of amides is 1. The van der Waals surface area contributed by atoms with Gasteiger partial charge in [-0.05, 0) is 74.3 Å². The van der Waals surface area contributed by atoms with Crippen LogP contribution in [0, 0.1) is 17.6 Å². The number of ether oxygens (including phenoxy) is 1. The quantitative estimate of drug-likeness (QED) is 0.311. The summed E-state index contributed by atoms with van der Waals surface area (Å²) < 4.78 is 37.6. The largest absolute Gasteiger partial charge is 0.494 e. The van der Waals surface area contributed by atoms with Crippen LogP contribution in [0.3, 0.4) is 0 Å². The van der Waals surface area contributed by atoms with E-state index in [0.29, 0.717) is 24.4 Å². The van der Waals surface area contributed by atoms with E-state index in [-0.39, 0.29) is 23.4 Å². The van der Waals surface area contributed by atoms with E-state index in [0.717, 1.165) is 69.1 Å². The normalized spacial score (nSPS) is 17.6. The zero-order chi connectivity index (χ0) is 27.2. The second kappa shape index (κ2) is 12.8. The maximum Gasteiger partial charge on any atom is 0.243 e. The number of hydrogen-bond donors (Lipinski definition) is 1. The smallest absolute Gasteiger partial charge is 0.243 e. The van der Waals surface area contributed by atoms with Gasteiger partial charge in [0.2, 0.25) is 5.91 Å². The van der Waals surface area contributed by atoms with Crippen molar-refractivity contribution in [1.29, 1.82) is 0 Å². The third-order valence-corrected chi connectivity index (χ3v) is 8.32. The van der Waals surface area contributed by atoms with Gasteiger partial charge in [0, 0.05) is 18.4 Å². The SMILES string of the molecule is CCOc1ccc(Cc2ccc(F)c(F)c2-c2nccn2C(C(=O)NC2CCCCC2)C2CCCCC2)cc1. The van der Waals surface area contributed by atoms with E-state index in [1.165, 1.54) is 12.5 Å². The zero-order valence-corrected chi connectivity index (χ0v) is 22.8. The lowest BCUT2D eigenvalue weighted by Gasteiger charge is -2.33. The molecule has 2 aromatic carbocycles. The Morgan fingerprint density at radius 1 is 1.00 bits per heavy atom. The molecule has 3 aromatic rings. The molecule has 0 spiro atoms. The molecule has 0 aliphatic heterocycles. The van der Waals surface area contributed by atoms with Gasteiger partial charge in [-0.3, -0.25) is 4.79 Å². The van der Waals surface area contributed by atoms with E-state index in [1.54, 1.807) is 18.5 Å². The van der Waals surface area contributed by atoms with Crippen molar-refractivity contribution >= 4 is 5.91 Å². The summed E-state index contributed by atoms with van der Waals surface area (Å²) in [6.07, 6.45) is 14.4. The number of carbonyl (C=O) groups excluding carboxylic acids is 1. The number of rotatable bonds is 9. The number of hydrogen-bond acceptors (Lipinski definition) is 3. The van der Waals surface area contributed by atoms with Crippen molar-refractivity contribution in [2.75, 3.05) is 6.61 Å². The zero-order valence-electron chi connectivity index (χ0n) is 22.8. The molecule has 1 atom stereocenters. The van der Waals surface area contributed by atoms with Crippen LogP contribution in [0.5, 0.6) is 5.75 Å². The Morgan fingerprint density at radius 2 is 1.69 bits per heavy atom. The average Bonchev–Trinajstić information content (AvgIpc) is 3.42. The number of imidazole rings is 1. The first-order chi connectivity index (χ1) is 19.0. The molecule has 1 amide bonds. The van der Waals surface area contributed by atoms with Crippen LogP contribution in [0.4, 0.5) is 8.78 Å². The van der Waals surface area contributed by atoms with E-state index >= 15 is 4.39 Å². The summed E-state index contributed by atoms with van der Waals surface area (Å²) in [5.74, 6) is -0.680. The Balaban J connectivity index is 1.51. The van der Waals surface area contributed by atoms with Crippen LogP contribution in [-0.4, -0.2) is 28.1 Å². The third-order valence-electron chi connectivity index (χ3n) is 8.32. The standard InChI is InChI=1S/C32H39F2N3O2/c1-2-39-26-16-13-22(14-17-26)21-24-15-18-27(33)29(34)28(24)31-35-19-20-37(31)30(23-9-5-3-6-10-23)32(38)36-25-11-7-4-8-12-25/h13-20,23,25,30H,2-12,21H2,1H3,(H,36,38). The molecule has 1 N–H and O–H groups in total. The van der Waals surface area contributed by atoms with Gasteiger partial charge < -0.3 is 14.6 Å². The lowest BCUT2D eigenvalue weighted by molar-refractivity contribution is -0.127. The average molecular weight is 536 g/mol. The molecule has 7 heteroatoms. The Morgan fingerprint density at radius 3 is 2.38 bits per heavy atom. The van der Waals surface area contributed by atoms with Crippen molar-refractivity contribution in [2.45, 2.75) is 89.6 Å². The molecule has 39 heavy (non-hydrogen) atoms. The first-order valence-electron chi connectivity index (χ1n) is 14.6. The number of nitrogens with zero attached hydrogens (tertiary/aromatic N) is 2. The topological polar surface area (TPSA) is 56.2 Å². The predicted molar refractivity (Wildman–Crippen MR) is 149 cm³/mol. The van der Waals surface area contributed by atoms with Crippen molar-refractivity contribution in [3.8, 4) is 17.1 Å². The maximum atomic E-state index is 15.6. The van der Waals surface area contributed by atoms with E-state index in [9.17, 15) is 9.18 Å². The summed E-state index contributed by atoms with van der Waals surface area (Å²) in [4.78, 5) is 18.4. The summed E-state index contributed by atoms with van der Waals surface area (Å²) in [5, 5.41) is 3.31. The summed E-state index contributed by atoms with van der Waals surface area (Å²) in [6, 6.07) is 10.1. The Labute approximate surface area is 230 Å². The van der Waals surface area contributed by atoms with Crippen molar-refractivity contribution in [3.63, 3.8) is 0 Å². The van der Waals surface area contributed by atoms with Crippen LogP contribution >= 0.6 is 0 Å². The van der Waals surface area contributed by atoms with Gasteiger partial charge >= 0.3 is 0 Å². The van der Waals surface area contributed by atoms with E-state index < -0.39 is 17.7 Å². The molecular formula is C32H39F2N3O2. The van der Waals surface area contributed by atoms with Crippen LogP contribution in [0.15, 0.2) is 48.8 Å². The van der Waals surface area contributed by atoms with Crippen LogP contribution in [0.2, 0.25) is 0 Å². The molecule has 5 nitrogen and oxygen atoms in total. The van der Waals surface area contributed by atoms with E-state index in [2.05, 4.69) is 10.3 Å². The van der Waals surface area contributed by atoms with E-state index in [1.807, 2.05) is 35.8 Å². The van der Waals surface area contributed by atoms with Crippen LogP contribution in [0.1, 0.15) is 88.3 Å². The van der Waals surface area contributed by atoms with Crippen molar-refractivity contribution in [2.24, 2.45) is 5.92 Å². The molecule has 2 saturated carbocycles. The molecule has 2 fully saturated rings. The lowest BCUT2D eigenvalue weighted by atomic mass is 9.82. The number of nitrogens with one attached hydrogen (secondary N) is 1. The fourth-order valence-electron chi connectivity index (χ4n) is 6.35. The summed E-state index contributed by atoms with van der Waals surface area (Å²) >= 11 is 0. The highest BCUT2D eigenvalue weighted by Gasteiger charge is 2.35. The van der Waals surface area contributed by atoms with Gasteiger partial charge in [0.05, 0.1) is 12.2 Å². The predicted octanol–water partition coefficient (Wildman–Crippen LogP) is 7.39. The molecule has 0 saturated heterocycles. The van der Waals surface area contributed by atoms with Crippen molar-refractivity contribution < 1.29 is 18.3 Å². The minimum atomic E-state index is -0.930. The molecule has 1 unspecified atom stereocenters. The monoisotopic (exact) mass is 535 g/mol. The highest BCUT2D eigenvalue weighted by Crippen LogP contribution is 2.38. The molecule has 1 heterocycles. The first kappa shape index (κ1) is 27.4. The van der Waals surface area contributed by atoms with Gasteiger partial charge in [0.15, 0.2) is 11.6 Å². The molecule has 208 valence electrons. The maximum absolute atomic E-state index is 15.6.